The zero-order chi connectivity index (χ0) is 27.1. The predicted octanol–water partition coefficient (Wildman–Crippen LogP) is 5.78. The second-order valence-electron chi connectivity index (χ2n) is 8.31. The van der Waals surface area contributed by atoms with Crippen molar-refractivity contribution >= 4 is 45.4 Å². The van der Waals surface area contributed by atoms with Crippen molar-refractivity contribution in [1.82, 2.24) is 9.88 Å². The Morgan fingerprint density at radius 1 is 0.974 bits per heavy atom. The summed E-state index contributed by atoms with van der Waals surface area (Å²) in [6, 6.07) is 12.0. The number of hydrogen-bond acceptors (Lipinski definition) is 10. The number of ether oxygens (including phenoxy) is 4. The zero-order valence-corrected chi connectivity index (χ0v) is 23.4. The van der Waals surface area contributed by atoms with E-state index in [9.17, 15) is 9.59 Å². The van der Waals surface area contributed by atoms with Gasteiger partial charge in [-0.25, -0.2) is 9.78 Å². The Morgan fingerprint density at radius 2 is 1.76 bits per heavy atom. The molecule has 4 rings (SSSR count). The molecule has 38 heavy (non-hydrogen) atoms. The van der Waals surface area contributed by atoms with Crippen LogP contribution in [0.15, 0.2) is 47.3 Å². The van der Waals surface area contributed by atoms with Crippen LogP contribution in [0.2, 0.25) is 0 Å². The molecule has 10 heteroatoms. The largest absolute Gasteiger partial charge is 0.497 e. The minimum Gasteiger partial charge on any atom is -0.497 e. The summed E-state index contributed by atoms with van der Waals surface area (Å²) in [4.78, 5) is 32.9. The second kappa shape index (κ2) is 12.9. The molecule has 0 aliphatic carbocycles. The van der Waals surface area contributed by atoms with Crippen LogP contribution in [0, 0.1) is 0 Å². The third-order valence-corrected chi connectivity index (χ3v) is 7.80. The van der Waals surface area contributed by atoms with Gasteiger partial charge in [0, 0.05) is 40.5 Å². The SMILES string of the molecule is CCOC(=O)CN(Cc1ncsc1C(=O)OCC)Cc1c(OC)cc(OC)cc1-c1scc2ccccc12. The minimum absolute atomic E-state index is 0.00738. The molecule has 0 N–H and O–H groups in total. The summed E-state index contributed by atoms with van der Waals surface area (Å²) in [7, 11) is 3.24. The molecule has 0 radical (unpaired) electrons. The average Bonchev–Trinajstić information content (AvgIpc) is 3.56. The molecule has 0 saturated carbocycles. The second-order valence-corrected chi connectivity index (χ2v) is 10.0. The number of thiophene rings is 1. The van der Waals surface area contributed by atoms with Crippen molar-refractivity contribution in [2.75, 3.05) is 34.0 Å². The van der Waals surface area contributed by atoms with E-state index in [0.717, 1.165) is 26.8 Å². The van der Waals surface area contributed by atoms with Crippen molar-refractivity contribution in [3.05, 3.63) is 63.4 Å². The maximum Gasteiger partial charge on any atom is 0.350 e. The van der Waals surface area contributed by atoms with E-state index in [1.807, 2.05) is 29.2 Å². The third kappa shape index (κ3) is 6.15. The monoisotopic (exact) mass is 554 g/mol. The Bertz CT molecular complexity index is 1410. The van der Waals surface area contributed by atoms with Gasteiger partial charge < -0.3 is 18.9 Å². The molecule has 2 aromatic heterocycles. The smallest absolute Gasteiger partial charge is 0.350 e. The number of aromatic nitrogens is 1. The Balaban J connectivity index is 1.78. The number of esters is 2. The van der Waals surface area contributed by atoms with Gasteiger partial charge >= 0.3 is 11.9 Å². The van der Waals surface area contributed by atoms with E-state index in [1.54, 1.807) is 44.9 Å². The highest BCUT2D eigenvalue weighted by Crippen LogP contribution is 2.42. The van der Waals surface area contributed by atoms with Gasteiger partial charge in [-0.3, -0.25) is 9.69 Å². The van der Waals surface area contributed by atoms with Gasteiger partial charge in [-0.1, -0.05) is 24.3 Å². The average molecular weight is 555 g/mol. The maximum absolute atomic E-state index is 12.6. The van der Waals surface area contributed by atoms with E-state index in [-0.39, 0.29) is 32.3 Å². The number of benzene rings is 2. The van der Waals surface area contributed by atoms with Crippen LogP contribution in [0.5, 0.6) is 11.5 Å². The van der Waals surface area contributed by atoms with Crippen LogP contribution in [0.4, 0.5) is 0 Å². The van der Waals surface area contributed by atoms with Crippen LogP contribution in [0.3, 0.4) is 0 Å². The highest BCUT2D eigenvalue weighted by atomic mass is 32.1. The maximum atomic E-state index is 12.6. The van der Waals surface area contributed by atoms with Gasteiger partial charge in [0.15, 0.2) is 0 Å². The molecule has 0 aliphatic rings. The first-order valence-electron chi connectivity index (χ1n) is 12.2. The van der Waals surface area contributed by atoms with E-state index in [1.165, 1.54) is 11.3 Å². The van der Waals surface area contributed by atoms with Crippen molar-refractivity contribution in [1.29, 1.82) is 0 Å². The number of thiazole rings is 1. The Morgan fingerprint density at radius 3 is 2.50 bits per heavy atom. The lowest BCUT2D eigenvalue weighted by molar-refractivity contribution is -0.144. The first-order chi connectivity index (χ1) is 18.5. The molecule has 2 heterocycles. The van der Waals surface area contributed by atoms with Crippen LogP contribution in [0.1, 0.15) is 34.8 Å². The fourth-order valence-electron chi connectivity index (χ4n) is 4.22. The van der Waals surface area contributed by atoms with E-state index >= 15 is 0 Å². The number of rotatable bonds is 12. The van der Waals surface area contributed by atoms with E-state index in [4.69, 9.17) is 18.9 Å². The molecular formula is C28H30N2O6S2. The van der Waals surface area contributed by atoms with Crippen LogP contribution in [0.25, 0.3) is 21.2 Å². The summed E-state index contributed by atoms with van der Waals surface area (Å²) >= 11 is 2.86. The van der Waals surface area contributed by atoms with Crippen molar-refractivity contribution in [2.45, 2.75) is 26.9 Å². The zero-order valence-electron chi connectivity index (χ0n) is 21.8. The molecule has 4 aromatic rings. The molecule has 0 unspecified atom stereocenters. The summed E-state index contributed by atoms with van der Waals surface area (Å²) in [5.41, 5.74) is 4.00. The topological polar surface area (TPSA) is 87.2 Å². The van der Waals surface area contributed by atoms with E-state index < -0.39 is 5.97 Å². The predicted molar refractivity (Wildman–Crippen MR) is 149 cm³/mol. The first kappa shape index (κ1) is 27.6. The van der Waals surface area contributed by atoms with Crippen molar-refractivity contribution in [2.24, 2.45) is 0 Å². The summed E-state index contributed by atoms with van der Waals surface area (Å²) in [6.07, 6.45) is 0. The third-order valence-electron chi connectivity index (χ3n) is 5.91. The lowest BCUT2D eigenvalue weighted by Crippen LogP contribution is -2.31. The minimum atomic E-state index is -0.422. The van der Waals surface area contributed by atoms with Crippen molar-refractivity contribution in [3.8, 4) is 21.9 Å². The van der Waals surface area contributed by atoms with Gasteiger partial charge in [0.05, 0.1) is 45.2 Å². The van der Waals surface area contributed by atoms with Gasteiger partial charge in [-0.15, -0.1) is 22.7 Å². The highest BCUT2D eigenvalue weighted by Gasteiger charge is 2.24. The van der Waals surface area contributed by atoms with Gasteiger partial charge in [0.25, 0.3) is 0 Å². The first-order valence-corrected chi connectivity index (χ1v) is 13.9. The standard InChI is InChI=1S/C28H30N2O6S2/c1-5-35-25(31)15-30(14-23-27(38-17-29-23)28(32)36-6-2)13-22-21(11-19(33-3)12-24(22)34-4)26-20-10-8-7-9-18(20)16-37-26/h7-12,16-17H,5-6,13-15H2,1-4H3. The quantitative estimate of drug-likeness (QED) is 0.204. The molecule has 0 saturated heterocycles. The van der Waals surface area contributed by atoms with Gasteiger partial charge in [-0.05, 0) is 30.7 Å². The molecule has 0 bridgehead atoms. The van der Waals surface area contributed by atoms with Crippen LogP contribution in [-0.4, -0.2) is 55.8 Å². The van der Waals surface area contributed by atoms with Crippen LogP contribution in [-0.2, 0) is 27.4 Å². The van der Waals surface area contributed by atoms with E-state index in [0.29, 0.717) is 28.6 Å². The number of methoxy groups -OCH3 is 2. The Labute approximate surface area is 229 Å². The Kier molecular flexibility index (Phi) is 9.33. The van der Waals surface area contributed by atoms with Gasteiger partial charge in [-0.2, -0.15) is 0 Å². The fraction of sp³-hybridized carbons (Fsp3) is 0.321. The van der Waals surface area contributed by atoms with Crippen molar-refractivity contribution in [3.63, 3.8) is 0 Å². The molecular weight excluding hydrogens is 524 g/mol. The lowest BCUT2D eigenvalue weighted by atomic mass is 10.0. The number of hydrogen-bond donors (Lipinski definition) is 0. The highest BCUT2D eigenvalue weighted by molar-refractivity contribution is 7.15. The molecule has 8 nitrogen and oxygen atoms in total. The molecule has 0 spiro atoms. The van der Waals surface area contributed by atoms with Gasteiger partial charge in [0.2, 0.25) is 0 Å². The summed E-state index contributed by atoms with van der Waals surface area (Å²) in [5.74, 6) is 0.513. The molecule has 0 atom stereocenters. The molecule has 0 amide bonds. The molecule has 200 valence electrons. The normalized spacial score (nSPS) is 11.1. The van der Waals surface area contributed by atoms with Crippen molar-refractivity contribution < 1.29 is 28.5 Å². The summed E-state index contributed by atoms with van der Waals surface area (Å²) in [6.45, 7) is 4.67. The fourth-order valence-corrected chi connectivity index (χ4v) is 5.99. The van der Waals surface area contributed by atoms with E-state index in [2.05, 4.69) is 22.5 Å². The number of fused-ring (bicyclic) bond motifs is 1. The van der Waals surface area contributed by atoms with Crippen LogP contribution >= 0.6 is 22.7 Å². The summed E-state index contributed by atoms with van der Waals surface area (Å²) in [5, 5.41) is 4.39. The number of nitrogens with zero attached hydrogens (tertiary/aromatic N) is 2. The molecule has 0 fully saturated rings. The number of carbonyl (C=O) groups is 2. The van der Waals surface area contributed by atoms with Crippen LogP contribution < -0.4 is 9.47 Å². The lowest BCUT2D eigenvalue weighted by Gasteiger charge is -2.24. The number of carbonyl (C=O) groups excluding carboxylic acids is 2. The summed E-state index contributed by atoms with van der Waals surface area (Å²) < 4.78 is 21.9. The Hall–Kier alpha value is -3.47. The van der Waals surface area contributed by atoms with Gasteiger partial charge in [0.1, 0.15) is 16.4 Å². The molecule has 2 aromatic carbocycles. The molecule has 0 aliphatic heterocycles.